The molecule has 422 valence electrons. The molecule has 0 bridgehead atoms. The lowest BCUT2D eigenvalue weighted by molar-refractivity contribution is 0.449. The smallest absolute Gasteiger partial charge is 0.133 e. The quantitative estimate of drug-likeness (QED) is 0.0556. The minimum Gasteiger partial charge on any atom is -0.507 e. The van der Waals surface area contributed by atoms with Crippen molar-refractivity contribution in [2.45, 2.75) is 129 Å². The molecule has 0 aliphatic heterocycles. The van der Waals surface area contributed by atoms with Crippen LogP contribution in [0.2, 0.25) is 0 Å². The lowest BCUT2D eigenvalue weighted by Crippen LogP contribution is -2.00. The fourth-order valence-corrected chi connectivity index (χ4v) is 11.9. The molecule has 0 fully saturated rings. The van der Waals surface area contributed by atoms with E-state index in [1.54, 1.807) is 0 Å². The molecule has 0 aliphatic rings. The molecule has 0 saturated carbocycles. The Kier molecular flexibility index (Phi) is 16.5. The van der Waals surface area contributed by atoms with E-state index in [-0.39, 0.29) is 28.7 Å². The molecule has 6 N–H and O–H groups in total. The van der Waals surface area contributed by atoms with E-state index in [1.807, 2.05) is 182 Å². The third-order valence-electron chi connectivity index (χ3n) is 15.8. The Hall–Kier alpha value is -8.82. The number of ether oxygens (including phenoxy) is 3. The van der Waals surface area contributed by atoms with E-state index in [0.717, 1.165) is 123 Å². The minimum absolute atomic E-state index is 0.191. The SMILES string of the molecule is Cc1cc(C)c(O)c(Cc2cc(C)c(O)c(Cc3cc(C)c(Oc4cc(C)c(Oc5cc(C)c(O)c(Cc6cc(C)c(Oc7cc(C)c(O)c(Cc8cc(C)c(O)c(Cc9cc(C)c(O)c(C)c9)c8)c7)c(C)c6)c5)c(C)c4)c(C)c3)c2)c1. The first kappa shape index (κ1) is 57.9. The van der Waals surface area contributed by atoms with Gasteiger partial charge in [0.2, 0.25) is 0 Å². The van der Waals surface area contributed by atoms with E-state index < -0.39 is 0 Å². The number of benzene rings is 9. The van der Waals surface area contributed by atoms with Crippen molar-refractivity contribution in [2.24, 2.45) is 0 Å². The maximum Gasteiger partial charge on any atom is 0.133 e. The van der Waals surface area contributed by atoms with Crippen molar-refractivity contribution in [3.8, 4) is 69.0 Å². The molecule has 0 spiro atoms. The molecule has 0 saturated heterocycles. The van der Waals surface area contributed by atoms with Gasteiger partial charge in [0.1, 0.15) is 69.0 Å². The van der Waals surface area contributed by atoms with Crippen molar-refractivity contribution >= 4 is 0 Å². The summed E-state index contributed by atoms with van der Waals surface area (Å²) in [6, 6.07) is 35.7. The van der Waals surface area contributed by atoms with Gasteiger partial charge in [0, 0.05) is 43.2 Å². The van der Waals surface area contributed by atoms with Gasteiger partial charge in [-0.1, -0.05) is 78.4 Å². The second-order valence-electron chi connectivity index (χ2n) is 23.2. The standard InChI is InChI=1S/C73H76O9/c1-38-15-39(2)66(75)57(16-38)32-55-19-42(5)68(77)59(33-55)30-53-21-46(9)71(47(10)22-53)80-62-27-50(13)73(51(14)28-62)82-64-26-44(7)69(78)60(36-64)31-54-23-48(11)72(49(12)24-54)81-63-25-45(8)70(79)61(37-63)35-56-20-43(6)67(76)58(34-56)29-52-17-40(3)65(74)41(4)18-52/h15-28,33-34,36-37,74-79H,29-32,35H2,1-14H3. The molecule has 0 aliphatic carbocycles. The van der Waals surface area contributed by atoms with Gasteiger partial charge in [-0.15, -0.1) is 0 Å². The fourth-order valence-electron chi connectivity index (χ4n) is 11.9. The molecule has 82 heavy (non-hydrogen) atoms. The molecule has 9 aromatic carbocycles. The summed E-state index contributed by atoms with van der Waals surface area (Å²) in [5, 5.41) is 66.2. The van der Waals surface area contributed by atoms with Crippen LogP contribution in [0.15, 0.2) is 109 Å². The van der Waals surface area contributed by atoms with E-state index in [4.69, 9.17) is 14.2 Å². The van der Waals surface area contributed by atoms with Crippen molar-refractivity contribution in [2.75, 3.05) is 0 Å². The van der Waals surface area contributed by atoms with E-state index in [0.29, 0.717) is 83.3 Å². The van der Waals surface area contributed by atoms with Gasteiger partial charge in [0.05, 0.1) is 0 Å². The summed E-state index contributed by atoms with van der Waals surface area (Å²) in [7, 11) is 0. The third-order valence-corrected chi connectivity index (χ3v) is 15.8. The van der Waals surface area contributed by atoms with Crippen LogP contribution < -0.4 is 14.2 Å². The second-order valence-corrected chi connectivity index (χ2v) is 23.2. The predicted molar refractivity (Wildman–Crippen MR) is 329 cm³/mol. The number of aromatic hydroxyl groups is 6. The Morgan fingerprint density at radius 1 is 0.220 bits per heavy atom. The van der Waals surface area contributed by atoms with Crippen molar-refractivity contribution < 1.29 is 44.8 Å². The normalized spacial score (nSPS) is 11.3. The lowest BCUT2D eigenvalue weighted by atomic mass is 9.93. The maximum absolute atomic E-state index is 11.4. The summed E-state index contributed by atoms with van der Waals surface area (Å²) in [5.41, 5.74) is 20.9. The Labute approximate surface area is 483 Å². The van der Waals surface area contributed by atoms with Gasteiger partial charge in [-0.3, -0.25) is 0 Å². The van der Waals surface area contributed by atoms with Crippen LogP contribution in [0.4, 0.5) is 0 Å². The molecule has 0 aromatic heterocycles. The van der Waals surface area contributed by atoms with Crippen LogP contribution in [0, 0.1) is 96.9 Å². The molecular weight excluding hydrogens is 1020 g/mol. The van der Waals surface area contributed by atoms with Gasteiger partial charge in [-0.2, -0.15) is 0 Å². The first-order chi connectivity index (χ1) is 38.8. The number of rotatable bonds is 16. The highest BCUT2D eigenvalue weighted by Gasteiger charge is 2.20. The largest absolute Gasteiger partial charge is 0.507 e. The van der Waals surface area contributed by atoms with Gasteiger partial charge in [-0.05, 0) is 250 Å². The van der Waals surface area contributed by atoms with Crippen LogP contribution in [-0.4, -0.2) is 30.6 Å². The summed E-state index contributed by atoms with van der Waals surface area (Å²) < 4.78 is 19.9. The Morgan fingerprint density at radius 2 is 0.427 bits per heavy atom. The first-order valence-electron chi connectivity index (χ1n) is 28.0. The lowest BCUT2D eigenvalue weighted by Gasteiger charge is -2.19. The summed E-state index contributed by atoms with van der Waals surface area (Å²) in [5.74, 6) is 5.57. The van der Waals surface area contributed by atoms with Gasteiger partial charge in [0.25, 0.3) is 0 Å². The van der Waals surface area contributed by atoms with Gasteiger partial charge in [0.15, 0.2) is 0 Å². The van der Waals surface area contributed by atoms with Crippen molar-refractivity contribution in [1.29, 1.82) is 0 Å². The van der Waals surface area contributed by atoms with E-state index >= 15 is 0 Å². The fraction of sp³-hybridized carbons (Fsp3) is 0.260. The van der Waals surface area contributed by atoms with E-state index in [1.165, 1.54) is 0 Å². The Balaban J connectivity index is 0.879. The van der Waals surface area contributed by atoms with Crippen LogP contribution in [0.25, 0.3) is 0 Å². The van der Waals surface area contributed by atoms with Gasteiger partial charge < -0.3 is 44.8 Å². The number of hydrogen-bond donors (Lipinski definition) is 6. The average Bonchev–Trinajstić information content (AvgIpc) is 3.52. The molecule has 9 rings (SSSR count). The molecule has 0 heterocycles. The molecule has 9 heteroatoms. The van der Waals surface area contributed by atoms with Crippen molar-refractivity contribution in [1.82, 2.24) is 0 Å². The number of phenols is 6. The van der Waals surface area contributed by atoms with E-state index in [2.05, 4.69) is 24.3 Å². The maximum atomic E-state index is 11.4. The topological polar surface area (TPSA) is 149 Å². The van der Waals surface area contributed by atoms with Crippen molar-refractivity contribution in [3.05, 3.63) is 243 Å². The molecule has 9 nitrogen and oxygen atoms in total. The zero-order valence-corrected chi connectivity index (χ0v) is 49.8. The third kappa shape index (κ3) is 12.5. The highest BCUT2D eigenvalue weighted by atomic mass is 16.5. The molecule has 9 aromatic rings. The molecular formula is C73H76O9. The van der Waals surface area contributed by atoms with Gasteiger partial charge >= 0.3 is 0 Å². The first-order valence-corrected chi connectivity index (χ1v) is 28.0. The van der Waals surface area contributed by atoms with Crippen LogP contribution >= 0.6 is 0 Å². The average molecular weight is 1100 g/mol. The monoisotopic (exact) mass is 1100 g/mol. The van der Waals surface area contributed by atoms with Crippen LogP contribution in [0.3, 0.4) is 0 Å². The van der Waals surface area contributed by atoms with Crippen LogP contribution in [0.1, 0.15) is 134 Å². The van der Waals surface area contributed by atoms with Crippen LogP contribution in [-0.2, 0) is 32.1 Å². The molecule has 0 unspecified atom stereocenters. The molecule has 0 radical (unpaired) electrons. The summed E-state index contributed by atoms with van der Waals surface area (Å²) in [6.45, 7) is 27.3. The second kappa shape index (κ2) is 23.3. The molecule has 0 atom stereocenters. The Morgan fingerprint density at radius 3 is 0.756 bits per heavy atom. The summed E-state index contributed by atoms with van der Waals surface area (Å²) in [4.78, 5) is 0. The summed E-state index contributed by atoms with van der Waals surface area (Å²) in [6.07, 6.45) is 2.45. The number of aryl methyl sites for hydroxylation is 14. The highest BCUT2D eigenvalue weighted by Crippen LogP contribution is 2.42. The minimum atomic E-state index is 0.191. The zero-order valence-electron chi connectivity index (χ0n) is 49.8. The zero-order chi connectivity index (χ0) is 59.2. The molecule has 0 amide bonds. The van der Waals surface area contributed by atoms with Crippen LogP contribution in [0.5, 0.6) is 69.0 Å². The van der Waals surface area contributed by atoms with Crippen molar-refractivity contribution in [3.63, 3.8) is 0 Å². The Bertz CT molecular complexity index is 3900. The van der Waals surface area contributed by atoms with E-state index in [9.17, 15) is 30.6 Å². The van der Waals surface area contributed by atoms with Gasteiger partial charge in [-0.25, -0.2) is 0 Å². The number of phenolic OH excluding ortho intramolecular Hbond substituents is 6. The highest BCUT2D eigenvalue weighted by molar-refractivity contribution is 5.58. The number of hydrogen-bond acceptors (Lipinski definition) is 9. The summed E-state index contributed by atoms with van der Waals surface area (Å²) >= 11 is 0. The predicted octanol–water partition coefficient (Wildman–Crippen LogP) is 17.6.